The van der Waals surface area contributed by atoms with E-state index in [1.807, 2.05) is 87.6 Å². The highest BCUT2D eigenvalue weighted by Gasteiger charge is 2.44. The average Bonchev–Trinajstić information content (AvgIpc) is 1.62. The van der Waals surface area contributed by atoms with E-state index < -0.39 is 17.0 Å². The lowest BCUT2D eigenvalue weighted by molar-refractivity contribution is -0.120. The number of nitriles is 3. The van der Waals surface area contributed by atoms with E-state index in [1.54, 1.807) is 63.4 Å². The van der Waals surface area contributed by atoms with E-state index in [-0.39, 0.29) is 83.6 Å². The predicted molar refractivity (Wildman–Crippen MR) is 559 cm³/mol. The minimum atomic E-state index is -1.12. The Morgan fingerprint density at radius 1 is 0.353 bits per heavy atom. The summed E-state index contributed by atoms with van der Waals surface area (Å²) in [7, 11) is 0. The second-order valence-corrected chi connectivity index (χ2v) is 43.5. The Kier molecular flexibility index (Phi) is 31.8. The maximum Gasteiger partial charge on any atom is 0.231 e. The van der Waals surface area contributed by atoms with Crippen LogP contribution >= 0.6 is 0 Å². The minimum absolute atomic E-state index is 0.0399. The number of carbonyl (C=O) groups excluding carboxylic acids is 6. The number of benzene rings is 1. The van der Waals surface area contributed by atoms with Gasteiger partial charge < -0.3 is 9.47 Å². The molecular formula is C111H131F4N27O8. The maximum atomic E-state index is 14.0. The molecule has 11 aliphatic carbocycles. The maximum absolute atomic E-state index is 14.0. The second kappa shape index (κ2) is 45.7. The minimum Gasteiger partial charge on any atom is -0.378 e. The van der Waals surface area contributed by atoms with Crippen LogP contribution in [-0.2, 0) is 44.7 Å². The fourth-order valence-corrected chi connectivity index (χ4v) is 21.4. The lowest BCUT2D eigenvalue weighted by atomic mass is 9.72. The molecule has 0 spiro atoms. The van der Waals surface area contributed by atoms with Gasteiger partial charge >= 0.3 is 0 Å². The summed E-state index contributed by atoms with van der Waals surface area (Å²) in [5.41, 5.74) is 10.0. The van der Waals surface area contributed by atoms with Crippen LogP contribution < -0.4 is 31.9 Å². The molecule has 6 amide bonds. The molecule has 24 rings (SSSR count). The Morgan fingerprint density at radius 3 is 0.960 bits per heavy atom. The Labute approximate surface area is 866 Å². The number of aryl methyl sites for hydroxylation is 3. The summed E-state index contributed by atoms with van der Waals surface area (Å²) in [5.74, 6) is 2.73. The largest absolute Gasteiger partial charge is 0.378 e. The molecule has 11 saturated carbocycles. The quantitative estimate of drug-likeness (QED) is 0.0248. The molecule has 12 aromatic heterocycles. The van der Waals surface area contributed by atoms with Crippen molar-refractivity contribution in [3.63, 3.8) is 0 Å². The Hall–Kier alpha value is -14.1. The number of nitrogens with one attached hydrogen (secondary N) is 6. The first kappa shape index (κ1) is 104. The van der Waals surface area contributed by atoms with Crippen molar-refractivity contribution in [1.29, 1.82) is 15.8 Å². The van der Waals surface area contributed by atoms with Crippen molar-refractivity contribution in [2.45, 2.75) is 351 Å². The van der Waals surface area contributed by atoms with Crippen molar-refractivity contribution >= 4 is 138 Å². The van der Waals surface area contributed by atoms with Crippen molar-refractivity contribution in [2.24, 2.45) is 17.8 Å². The first-order chi connectivity index (χ1) is 72.4. The third kappa shape index (κ3) is 24.9. The number of amides is 6. The normalized spacial score (nSPS) is 21.6. The third-order valence-corrected chi connectivity index (χ3v) is 31.3. The number of nitrogens with zero attached hydrogens (tertiary/aromatic N) is 21. The number of aromatic nitrogens is 18. The molecule has 1 aromatic carbocycles. The summed E-state index contributed by atoms with van der Waals surface area (Å²) in [6, 6.07) is 34.5. The Balaban J connectivity index is 0.000000113. The lowest BCUT2D eigenvalue weighted by Crippen LogP contribution is -2.38. The van der Waals surface area contributed by atoms with Crippen LogP contribution in [0.5, 0.6) is 0 Å². The van der Waals surface area contributed by atoms with E-state index in [9.17, 15) is 46.3 Å². The van der Waals surface area contributed by atoms with Crippen molar-refractivity contribution < 1.29 is 55.8 Å². The van der Waals surface area contributed by atoms with Crippen LogP contribution in [0.1, 0.15) is 334 Å². The van der Waals surface area contributed by atoms with Crippen molar-refractivity contribution in [3.8, 4) is 18.2 Å². The number of rotatable bonds is 28. The third-order valence-electron chi connectivity index (χ3n) is 31.3. The van der Waals surface area contributed by atoms with E-state index in [0.717, 1.165) is 185 Å². The van der Waals surface area contributed by atoms with E-state index in [4.69, 9.17) is 25.3 Å². The van der Waals surface area contributed by atoms with Gasteiger partial charge in [0, 0.05) is 73.1 Å². The summed E-state index contributed by atoms with van der Waals surface area (Å²) in [5, 5.41) is 44.8. The van der Waals surface area contributed by atoms with E-state index in [1.165, 1.54) is 44.2 Å². The molecule has 0 saturated heterocycles. The number of pyridine rings is 6. The topological polar surface area (TPSA) is 449 Å². The van der Waals surface area contributed by atoms with Crippen LogP contribution in [0.3, 0.4) is 0 Å². The number of hydrogen-bond donors (Lipinski definition) is 6. The monoisotopic (exact) mass is 2050 g/mol. The van der Waals surface area contributed by atoms with Crippen LogP contribution in [0.2, 0.25) is 0 Å². The number of hydrogen-bond acceptors (Lipinski definition) is 23. The fraction of sp³-hybridized carbons (Fsp3) is 0.541. The van der Waals surface area contributed by atoms with Crippen LogP contribution in [0.4, 0.5) is 53.3 Å². The fourth-order valence-electron chi connectivity index (χ4n) is 21.4. The van der Waals surface area contributed by atoms with Gasteiger partial charge in [-0.1, -0.05) is 6.07 Å². The highest BCUT2D eigenvalue weighted by atomic mass is 19.2. The molecule has 11 aliphatic rings. The molecule has 11 fully saturated rings. The molecule has 13 aromatic rings. The first-order valence-electron chi connectivity index (χ1n) is 53.6. The van der Waals surface area contributed by atoms with Gasteiger partial charge in [0.05, 0.1) is 44.7 Å². The molecule has 0 aliphatic heterocycles. The van der Waals surface area contributed by atoms with Crippen LogP contribution in [0.25, 0.3) is 67.0 Å². The summed E-state index contributed by atoms with van der Waals surface area (Å²) in [6.45, 7) is 11.5. The zero-order valence-corrected chi connectivity index (χ0v) is 86.0. The van der Waals surface area contributed by atoms with Gasteiger partial charge in [0.25, 0.3) is 0 Å². The molecule has 0 bridgehead atoms. The van der Waals surface area contributed by atoms with Crippen molar-refractivity contribution in [3.05, 3.63) is 143 Å². The number of ether oxygens (including phenoxy) is 2. The van der Waals surface area contributed by atoms with Gasteiger partial charge in [-0.15, -0.1) is 0 Å². The summed E-state index contributed by atoms with van der Waals surface area (Å²) in [6.07, 6.45) is 35.3. The number of alkyl halides is 3. The van der Waals surface area contributed by atoms with Crippen LogP contribution in [0.15, 0.2) is 97.2 Å². The highest BCUT2D eigenvalue weighted by Crippen LogP contribution is 2.48. The molecule has 12 heterocycles. The lowest BCUT2D eigenvalue weighted by Gasteiger charge is -2.38. The molecule has 6 N–H and O–H groups in total. The average molecular weight is 2050 g/mol. The van der Waals surface area contributed by atoms with Gasteiger partial charge in [0.2, 0.25) is 71.1 Å². The number of carbonyl (C=O) groups is 6. The van der Waals surface area contributed by atoms with Gasteiger partial charge in [-0.3, -0.25) is 88.1 Å². The van der Waals surface area contributed by atoms with Gasteiger partial charge in [-0.25, -0.2) is 77.4 Å². The van der Waals surface area contributed by atoms with Gasteiger partial charge in [0.15, 0.2) is 33.9 Å². The first-order valence-corrected chi connectivity index (χ1v) is 53.6. The summed E-state index contributed by atoms with van der Waals surface area (Å²) in [4.78, 5) is 128. The van der Waals surface area contributed by atoms with Crippen LogP contribution in [-0.4, -0.2) is 165 Å². The number of imidazole rings is 6. The molecule has 35 nitrogen and oxygen atoms in total. The second-order valence-electron chi connectivity index (χ2n) is 43.5. The molecular weight excluding hydrogens is 1920 g/mol. The molecule has 39 heteroatoms. The van der Waals surface area contributed by atoms with E-state index >= 15 is 0 Å². The molecule has 786 valence electrons. The Morgan fingerprint density at radius 2 is 0.653 bits per heavy atom. The SMILES string of the molecule is CC1(F)CC(CC(=O)Nc2nc3ccc(C#N)nc3n2C2CCC2)C1.CC1(F)CCC(CC(=O)Nc2nc3ccc(C#N)nc3n2C2CCC2)CC1.Cc1cc(F)cc(CC(=O)Nc2nc3cccnc3n2C2CCC2)c1.Cc1ccc2nc(NC(=O)CC3CC(C)(F)C3)n(C3CCC3)c2n1.Cc1ccc2nc(NC(=O)CCOC3CCC3)n(C3CCC3)c2n1.N#Cc1ccc2nc(NC(=O)CCOC3CCC3)n(C3CCC3)c2n1. The zero-order valence-electron chi connectivity index (χ0n) is 86.0. The highest BCUT2D eigenvalue weighted by molar-refractivity contribution is 5.96. The predicted octanol–water partition coefficient (Wildman–Crippen LogP) is 21.8. The van der Waals surface area contributed by atoms with E-state index in [2.05, 4.69) is 113 Å². The smallest absolute Gasteiger partial charge is 0.231 e. The van der Waals surface area contributed by atoms with Crippen molar-refractivity contribution in [1.82, 2.24) is 87.2 Å². The summed E-state index contributed by atoms with van der Waals surface area (Å²) < 4.78 is 78.0. The van der Waals surface area contributed by atoms with Gasteiger partial charge in [0.1, 0.15) is 91.2 Å². The van der Waals surface area contributed by atoms with Crippen LogP contribution in [0, 0.1) is 78.3 Å². The Bertz CT molecular complexity index is 7260. The molecule has 0 radical (unpaired) electrons. The zero-order chi connectivity index (χ0) is 105. The molecule has 0 atom stereocenters. The number of halogens is 4. The van der Waals surface area contributed by atoms with E-state index in [0.29, 0.717) is 206 Å². The van der Waals surface area contributed by atoms with Gasteiger partial charge in [-0.2, -0.15) is 15.8 Å². The molecule has 0 unspecified atom stereocenters. The summed E-state index contributed by atoms with van der Waals surface area (Å²) >= 11 is 0. The van der Waals surface area contributed by atoms with Gasteiger partial charge in [-0.05, 0) is 361 Å². The standard InChI is InChI=1S/C20H24FN5O.C19H19FN4O.C18H20FN5O.C18H23FN4O.C18H21N5O2.C18H24N4O2/c1-20(21)9-7-13(8-10-20)11-17(27)25-19-24-16-6-5-14(12-22)23-18(16)26(19)15-3-2-4-15;1-12-8-13(10-14(20)9-12)11-17(25)23-19-22-16-6-3-7-21-18(16)24(19)15-4-2-5-15;1-18(19)8-11(9-18)7-15(25)23-17-22-14-6-5-12(10-20)21-16(14)24(17)13-3-2-4-13;1-11-6-7-14-16(20-11)23(13-4-3-5-13)17(21-14)22-15(24)8-12-9-18(2,19)10-12;19-11-12-7-8-15-17(20-12)23(13-3-1-4-13)18(21-15)22-16(24)9-10-25-14-5-2-6-14;1-12-8-9-15-17(19-12)22(13-4-2-5-13)18(20-15)21-16(23)10-11-24-14-6-3-7-14/h5-6,13,15H,2-4,7-11H2,1H3,(H,24,25,27);3,6-10,15H,2,4-5,11H2,1H3,(H,22,23,25);5-6,11,13H,2-4,7-9H2,1H3,(H,22,23,25);6-7,12-13H,3-5,8-10H2,1-2H3,(H,21,22,24);7-8,13-14H,1-6,9-10H2,(H,21,22,24);8-9,13-14H,2-7,10-11H2,1H3,(H,20,21,23). The van der Waals surface area contributed by atoms with Crippen molar-refractivity contribution in [2.75, 3.05) is 45.1 Å². The number of fused-ring (bicyclic) bond motifs is 6. The molecule has 150 heavy (non-hydrogen) atoms. The number of anilines is 6.